The smallest absolute Gasteiger partial charge is 0.0751 e. The molecule has 2 bridgehead atoms. The zero-order valence-electron chi connectivity index (χ0n) is 8.22. The van der Waals surface area contributed by atoms with Crippen LogP contribution in [0.4, 0.5) is 0 Å². The van der Waals surface area contributed by atoms with Gasteiger partial charge in [-0.15, -0.1) is 0 Å². The molecule has 3 atom stereocenters. The maximum Gasteiger partial charge on any atom is 0.0751 e. The molecule has 2 saturated heterocycles. The van der Waals surface area contributed by atoms with Crippen molar-refractivity contribution < 1.29 is 4.74 Å². The van der Waals surface area contributed by atoms with Crippen molar-refractivity contribution in [3.05, 3.63) is 12.2 Å². The molecule has 2 heterocycles. The fraction of sp³-hybridized carbons (Fsp3) is 0.833. The molecule has 1 aliphatic carbocycles. The van der Waals surface area contributed by atoms with Gasteiger partial charge >= 0.3 is 0 Å². The van der Waals surface area contributed by atoms with E-state index in [0.717, 1.165) is 18.8 Å². The van der Waals surface area contributed by atoms with Crippen LogP contribution in [0.15, 0.2) is 12.2 Å². The molecular formula is C12H18O. The first-order valence-electron chi connectivity index (χ1n) is 5.63. The van der Waals surface area contributed by atoms with E-state index in [1.165, 1.54) is 37.7 Å². The molecule has 1 nitrogen and oxygen atoms in total. The van der Waals surface area contributed by atoms with Crippen molar-refractivity contribution in [2.45, 2.75) is 56.7 Å². The van der Waals surface area contributed by atoms with E-state index in [0.29, 0.717) is 6.10 Å². The Morgan fingerprint density at radius 2 is 2.23 bits per heavy atom. The normalized spacial score (nSPS) is 49.1. The third-order valence-corrected chi connectivity index (χ3v) is 4.20. The number of rotatable bonds is 0. The van der Waals surface area contributed by atoms with E-state index in [1.807, 2.05) is 0 Å². The summed E-state index contributed by atoms with van der Waals surface area (Å²) < 4.78 is 6.24. The topological polar surface area (TPSA) is 9.23 Å². The zero-order valence-corrected chi connectivity index (χ0v) is 8.22. The van der Waals surface area contributed by atoms with Gasteiger partial charge in [-0.3, -0.25) is 0 Å². The average Bonchev–Trinajstić information content (AvgIpc) is 2.44. The van der Waals surface area contributed by atoms with Crippen LogP contribution in [0.25, 0.3) is 0 Å². The molecular weight excluding hydrogens is 160 g/mol. The van der Waals surface area contributed by atoms with Crippen molar-refractivity contribution in [1.29, 1.82) is 0 Å². The lowest BCUT2D eigenvalue weighted by atomic mass is 9.74. The highest BCUT2D eigenvalue weighted by Gasteiger charge is 2.50. The highest BCUT2D eigenvalue weighted by atomic mass is 16.5. The molecule has 0 aromatic heterocycles. The average molecular weight is 178 g/mol. The van der Waals surface area contributed by atoms with Gasteiger partial charge in [-0.05, 0) is 44.4 Å². The van der Waals surface area contributed by atoms with Crippen LogP contribution >= 0.6 is 0 Å². The van der Waals surface area contributed by atoms with E-state index in [1.54, 1.807) is 0 Å². The molecule has 3 rings (SSSR count). The third-order valence-electron chi connectivity index (χ3n) is 4.20. The number of hydrogen-bond acceptors (Lipinski definition) is 1. The Hall–Kier alpha value is -0.300. The second-order valence-corrected chi connectivity index (χ2v) is 5.10. The Morgan fingerprint density at radius 1 is 1.31 bits per heavy atom. The van der Waals surface area contributed by atoms with Gasteiger partial charge in [0.2, 0.25) is 0 Å². The highest BCUT2D eigenvalue weighted by Crippen LogP contribution is 2.52. The molecule has 2 aliphatic heterocycles. The lowest BCUT2D eigenvalue weighted by Gasteiger charge is -2.48. The van der Waals surface area contributed by atoms with Crippen LogP contribution < -0.4 is 0 Å². The van der Waals surface area contributed by atoms with Gasteiger partial charge in [0.25, 0.3) is 0 Å². The van der Waals surface area contributed by atoms with Gasteiger partial charge in [-0.25, -0.2) is 0 Å². The highest BCUT2D eigenvalue weighted by molar-refractivity contribution is 5.13. The molecule has 0 radical (unpaired) electrons. The van der Waals surface area contributed by atoms with Crippen molar-refractivity contribution in [1.82, 2.24) is 0 Å². The maximum absolute atomic E-state index is 6.24. The summed E-state index contributed by atoms with van der Waals surface area (Å²) >= 11 is 0. The van der Waals surface area contributed by atoms with Gasteiger partial charge in [-0.2, -0.15) is 0 Å². The van der Waals surface area contributed by atoms with E-state index < -0.39 is 0 Å². The molecule has 1 saturated carbocycles. The van der Waals surface area contributed by atoms with Crippen LogP contribution in [0.1, 0.15) is 44.9 Å². The van der Waals surface area contributed by atoms with Gasteiger partial charge in [-0.1, -0.05) is 18.6 Å². The van der Waals surface area contributed by atoms with Crippen LogP contribution in [-0.2, 0) is 4.74 Å². The lowest BCUT2D eigenvalue weighted by Crippen LogP contribution is -2.48. The van der Waals surface area contributed by atoms with Crippen molar-refractivity contribution in [2.24, 2.45) is 5.92 Å². The van der Waals surface area contributed by atoms with Crippen LogP contribution in [0, 0.1) is 5.92 Å². The van der Waals surface area contributed by atoms with Crippen LogP contribution in [-0.4, -0.2) is 11.7 Å². The fourth-order valence-electron chi connectivity index (χ4n) is 3.69. The summed E-state index contributed by atoms with van der Waals surface area (Å²) in [5, 5.41) is 0. The van der Waals surface area contributed by atoms with E-state index in [-0.39, 0.29) is 5.60 Å². The Kier molecular flexibility index (Phi) is 1.61. The minimum atomic E-state index is 0.262. The number of hydrogen-bond donors (Lipinski definition) is 0. The largest absolute Gasteiger partial charge is 0.371 e. The summed E-state index contributed by atoms with van der Waals surface area (Å²) in [6, 6.07) is 0. The molecule has 0 amide bonds. The number of fused-ring (bicyclic) bond motifs is 1. The summed E-state index contributed by atoms with van der Waals surface area (Å²) in [4.78, 5) is 0. The monoisotopic (exact) mass is 178 g/mol. The van der Waals surface area contributed by atoms with E-state index in [4.69, 9.17) is 4.74 Å². The van der Waals surface area contributed by atoms with Crippen molar-refractivity contribution >= 4 is 0 Å². The Bertz CT molecular complexity index is 246. The predicted octanol–water partition coefficient (Wildman–Crippen LogP) is 3.05. The lowest BCUT2D eigenvalue weighted by molar-refractivity contribution is -0.164. The van der Waals surface area contributed by atoms with Crippen molar-refractivity contribution in [3.8, 4) is 0 Å². The third kappa shape index (κ3) is 1.10. The van der Waals surface area contributed by atoms with Crippen LogP contribution in [0.2, 0.25) is 0 Å². The quantitative estimate of drug-likeness (QED) is 0.518. The first-order valence-corrected chi connectivity index (χ1v) is 5.63. The van der Waals surface area contributed by atoms with Gasteiger partial charge in [0.05, 0.1) is 11.7 Å². The van der Waals surface area contributed by atoms with E-state index in [2.05, 4.69) is 6.58 Å². The molecule has 3 aliphatic rings. The predicted molar refractivity (Wildman–Crippen MR) is 52.6 cm³/mol. The summed E-state index contributed by atoms with van der Waals surface area (Å²) in [7, 11) is 0. The van der Waals surface area contributed by atoms with Crippen LogP contribution in [0.3, 0.4) is 0 Å². The molecule has 0 aromatic rings. The second-order valence-electron chi connectivity index (χ2n) is 5.10. The summed E-state index contributed by atoms with van der Waals surface area (Å²) in [6.07, 6.45) is 9.60. The molecule has 0 aromatic carbocycles. The summed E-state index contributed by atoms with van der Waals surface area (Å²) in [6.45, 7) is 4.17. The van der Waals surface area contributed by atoms with E-state index >= 15 is 0 Å². The molecule has 72 valence electrons. The van der Waals surface area contributed by atoms with Gasteiger partial charge in [0.1, 0.15) is 0 Å². The zero-order chi connectivity index (χ0) is 8.89. The Balaban J connectivity index is 1.93. The molecule has 1 heteroatoms. The number of ether oxygens (including phenoxy) is 1. The standard InChI is InChI=1S/C12H18O/c1-9-7-11-5-4-10-3-2-6-12(10,8-9)13-11/h10-11H,1-8H2/t10-,11+,12+/m1/s1. The molecule has 0 N–H and O–H groups in total. The first-order chi connectivity index (χ1) is 6.28. The van der Waals surface area contributed by atoms with Crippen molar-refractivity contribution in [3.63, 3.8) is 0 Å². The minimum absolute atomic E-state index is 0.262. The molecule has 13 heavy (non-hydrogen) atoms. The fourth-order valence-corrected chi connectivity index (χ4v) is 3.69. The Morgan fingerprint density at radius 3 is 3.15 bits per heavy atom. The molecule has 1 spiro atoms. The summed E-state index contributed by atoms with van der Waals surface area (Å²) in [5.41, 5.74) is 1.71. The second kappa shape index (κ2) is 2.60. The van der Waals surface area contributed by atoms with Gasteiger partial charge in [0.15, 0.2) is 0 Å². The summed E-state index contributed by atoms with van der Waals surface area (Å²) in [5.74, 6) is 0.862. The molecule has 3 fully saturated rings. The van der Waals surface area contributed by atoms with E-state index in [9.17, 15) is 0 Å². The van der Waals surface area contributed by atoms with Gasteiger partial charge < -0.3 is 4.74 Å². The molecule has 0 unspecified atom stereocenters. The Labute approximate surface area is 80.2 Å². The first kappa shape index (κ1) is 8.05. The maximum atomic E-state index is 6.24. The van der Waals surface area contributed by atoms with Crippen molar-refractivity contribution in [2.75, 3.05) is 0 Å². The van der Waals surface area contributed by atoms with Gasteiger partial charge in [0, 0.05) is 0 Å². The minimum Gasteiger partial charge on any atom is -0.371 e. The van der Waals surface area contributed by atoms with Crippen LogP contribution in [0.5, 0.6) is 0 Å². The SMILES string of the molecule is C=C1C[C@@H]2CC[C@H]3CCC[C@@]3(C1)O2.